The second kappa shape index (κ2) is 5.43. The molecular weight excluding hydrogens is 242 g/mol. The number of rotatable bonds is 4. The molecule has 0 aliphatic heterocycles. The van der Waals surface area contributed by atoms with Crippen LogP contribution in [0.4, 0.5) is 0 Å². The molecule has 1 amide bonds. The summed E-state index contributed by atoms with van der Waals surface area (Å²) in [4.78, 5) is 25.1. The van der Waals surface area contributed by atoms with Gasteiger partial charge in [-0.1, -0.05) is 12.1 Å². The van der Waals surface area contributed by atoms with Crippen LogP contribution in [0.15, 0.2) is 18.2 Å². The second-order valence-corrected chi connectivity index (χ2v) is 5.09. The van der Waals surface area contributed by atoms with E-state index in [9.17, 15) is 9.59 Å². The summed E-state index contributed by atoms with van der Waals surface area (Å²) < 4.78 is 5.59. The monoisotopic (exact) mass is 261 g/mol. The average Bonchev–Trinajstić information content (AvgIpc) is 2.77. The van der Waals surface area contributed by atoms with Crippen LogP contribution in [0.5, 0.6) is 5.75 Å². The molecule has 0 unspecified atom stereocenters. The Morgan fingerprint density at radius 2 is 2.11 bits per heavy atom. The Morgan fingerprint density at radius 3 is 2.79 bits per heavy atom. The first-order chi connectivity index (χ1) is 9.00. The number of likely N-dealkylation sites (N-methyl/N-ethyl adjacent to an activating group) is 1. The van der Waals surface area contributed by atoms with Gasteiger partial charge in [0.2, 0.25) is 0 Å². The van der Waals surface area contributed by atoms with Gasteiger partial charge in [0.05, 0.1) is 0 Å². The summed E-state index contributed by atoms with van der Waals surface area (Å²) in [7, 11) is 1.76. The largest absolute Gasteiger partial charge is 0.483 e. The molecule has 19 heavy (non-hydrogen) atoms. The van der Waals surface area contributed by atoms with Gasteiger partial charge in [-0.15, -0.1) is 0 Å². The lowest BCUT2D eigenvalue weighted by Gasteiger charge is -2.21. The van der Waals surface area contributed by atoms with Gasteiger partial charge >= 0.3 is 0 Å². The standard InChI is InChI=1S/C15H19NO3/c1-10(2)16(3)15(18)9-19-14-6-4-5-11-12(14)7-8-13(11)17/h4-6,10H,7-9H2,1-3H3. The van der Waals surface area contributed by atoms with Crippen molar-refractivity contribution in [3.05, 3.63) is 29.3 Å². The second-order valence-electron chi connectivity index (χ2n) is 5.09. The van der Waals surface area contributed by atoms with Gasteiger partial charge in [0.25, 0.3) is 5.91 Å². The maximum Gasteiger partial charge on any atom is 0.260 e. The summed E-state index contributed by atoms with van der Waals surface area (Å²) >= 11 is 0. The number of carbonyl (C=O) groups is 2. The minimum absolute atomic E-state index is 0.0132. The Hall–Kier alpha value is -1.84. The first-order valence-corrected chi connectivity index (χ1v) is 6.54. The smallest absolute Gasteiger partial charge is 0.260 e. The van der Waals surface area contributed by atoms with E-state index in [1.807, 2.05) is 26.0 Å². The first kappa shape index (κ1) is 13.6. The van der Waals surface area contributed by atoms with Crippen LogP contribution in [0.2, 0.25) is 0 Å². The molecule has 1 aromatic rings. The molecular formula is C15H19NO3. The summed E-state index contributed by atoms with van der Waals surface area (Å²) in [5, 5.41) is 0. The molecule has 0 saturated carbocycles. The van der Waals surface area contributed by atoms with E-state index in [-0.39, 0.29) is 24.3 Å². The van der Waals surface area contributed by atoms with E-state index in [0.717, 1.165) is 11.1 Å². The molecule has 0 atom stereocenters. The number of carbonyl (C=O) groups excluding carboxylic acids is 2. The average molecular weight is 261 g/mol. The quantitative estimate of drug-likeness (QED) is 0.833. The fourth-order valence-corrected chi connectivity index (χ4v) is 2.12. The SMILES string of the molecule is CC(C)N(C)C(=O)COc1cccc2c1CCC2=O. The highest BCUT2D eigenvalue weighted by Gasteiger charge is 2.23. The lowest BCUT2D eigenvalue weighted by atomic mass is 10.1. The van der Waals surface area contributed by atoms with E-state index < -0.39 is 0 Å². The van der Waals surface area contributed by atoms with Crippen LogP contribution in [0, 0.1) is 0 Å². The molecule has 0 radical (unpaired) electrons. The van der Waals surface area contributed by atoms with Crippen molar-refractivity contribution >= 4 is 11.7 Å². The third kappa shape index (κ3) is 2.78. The van der Waals surface area contributed by atoms with Gasteiger partial charge in [0.15, 0.2) is 12.4 Å². The lowest BCUT2D eigenvalue weighted by Crippen LogP contribution is -2.36. The number of hydrogen-bond acceptors (Lipinski definition) is 3. The molecule has 0 bridgehead atoms. The molecule has 4 heteroatoms. The maximum atomic E-state index is 11.9. The van der Waals surface area contributed by atoms with Crippen LogP contribution >= 0.6 is 0 Å². The first-order valence-electron chi connectivity index (χ1n) is 6.54. The Morgan fingerprint density at radius 1 is 1.37 bits per heavy atom. The summed E-state index contributed by atoms with van der Waals surface area (Å²) in [5.41, 5.74) is 1.68. The third-order valence-electron chi connectivity index (χ3n) is 3.55. The number of hydrogen-bond donors (Lipinski definition) is 0. The van der Waals surface area contributed by atoms with E-state index in [2.05, 4.69) is 0 Å². The van der Waals surface area contributed by atoms with Gasteiger partial charge in [0, 0.05) is 30.6 Å². The zero-order valence-electron chi connectivity index (χ0n) is 11.6. The Balaban J connectivity index is 2.06. The number of ether oxygens (including phenoxy) is 1. The van der Waals surface area contributed by atoms with Crippen LogP contribution in [0.1, 0.15) is 36.2 Å². The van der Waals surface area contributed by atoms with E-state index in [0.29, 0.717) is 18.6 Å². The van der Waals surface area contributed by atoms with E-state index in [4.69, 9.17) is 4.74 Å². The predicted molar refractivity (Wildman–Crippen MR) is 72.5 cm³/mol. The highest BCUT2D eigenvalue weighted by atomic mass is 16.5. The molecule has 1 aliphatic rings. The Bertz CT molecular complexity index is 508. The van der Waals surface area contributed by atoms with Crippen LogP contribution < -0.4 is 4.74 Å². The van der Waals surface area contributed by atoms with Crippen molar-refractivity contribution in [3.8, 4) is 5.75 Å². The molecule has 0 saturated heterocycles. The van der Waals surface area contributed by atoms with Crippen LogP contribution in [-0.2, 0) is 11.2 Å². The van der Waals surface area contributed by atoms with Gasteiger partial charge in [-0.2, -0.15) is 0 Å². The zero-order chi connectivity index (χ0) is 14.0. The summed E-state index contributed by atoms with van der Waals surface area (Å²) in [5.74, 6) is 0.761. The fourth-order valence-electron chi connectivity index (χ4n) is 2.12. The van der Waals surface area contributed by atoms with E-state index >= 15 is 0 Å². The van der Waals surface area contributed by atoms with Gasteiger partial charge in [-0.3, -0.25) is 9.59 Å². The van der Waals surface area contributed by atoms with Gasteiger partial charge < -0.3 is 9.64 Å². The molecule has 1 aromatic carbocycles. The maximum absolute atomic E-state index is 11.9. The molecule has 2 rings (SSSR count). The number of nitrogens with zero attached hydrogens (tertiary/aromatic N) is 1. The molecule has 0 fully saturated rings. The molecule has 102 valence electrons. The molecule has 4 nitrogen and oxygen atoms in total. The van der Waals surface area contributed by atoms with E-state index in [1.54, 1.807) is 18.0 Å². The predicted octanol–water partition coefficient (Wildman–Crippen LogP) is 2.06. The van der Waals surface area contributed by atoms with Crippen molar-refractivity contribution in [1.82, 2.24) is 4.90 Å². The lowest BCUT2D eigenvalue weighted by molar-refractivity contribution is -0.133. The van der Waals surface area contributed by atoms with Crippen molar-refractivity contribution in [1.29, 1.82) is 0 Å². The van der Waals surface area contributed by atoms with Gasteiger partial charge in [-0.25, -0.2) is 0 Å². The van der Waals surface area contributed by atoms with Crippen molar-refractivity contribution in [2.24, 2.45) is 0 Å². The number of fused-ring (bicyclic) bond motifs is 1. The normalized spacial score (nSPS) is 13.6. The summed E-state index contributed by atoms with van der Waals surface area (Å²) in [6, 6.07) is 5.59. The molecule has 0 aromatic heterocycles. The minimum atomic E-state index is -0.0584. The molecule has 0 heterocycles. The topological polar surface area (TPSA) is 46.6 Å². The van der Waals surface area contributed by atoms with Crippen LogP contribution in [-0.4, -0.2) is 36.3 Å². The molecule has 0 spiro atoms. The van der Waals surface area contributed by atoms with Crippen LogP contribution in [0.25, 0.3) is 0 Å². The number of benzene rings is 1. The van der Waals surface area contributed by atoms with Gasteiger partial charge in [0.1, 0.15) is 5.75 Å². The van der Waals surface area contributed by atoms with Crippen molar-refractivity contribution in [2.75, 3.05) is 13.7 Å². The number of amides is 1. The third-order valence-corrected chi connectivity index (χ3v) is 3.55. The van der Waals surface area contributed by atoms with Gasteiger partial charge in [-0.05, 0) is 26.3 Å². The van der Waals surface area contributed by atoms with Crippen LogP contribution in [0.3, 0.4) is 0 Å². The summed E-state index contributed by atoms with van der Waals surface area (Å²) in [6.45, 7) is 3.92. The number of Topliss-reactive ketones (excluding diaryl/α,β-unsaturated/α-hetero) is 1. The molecule has 1 aliphatic carbocycles. The van der Waals surface area contributed by atoms with Crippen molar-refractivity contribution in [3.63, 3.8) is 0 Å². The van der Waals surface area contributed by atoms with Crippen molar-refractivity contribution in [2.45, 2.75) is 32.7 Å². The van der Waals surface area contributed by atoms with Crippen molar-refractivity contribution < 1.29 is 14.3 Å². The fraction of sp³-hybridized carbons (Fsp3) is 0.467. The van der Waals surface area contributed by atoms with E-state index in [1.165, 1.54) is 0 Å². The molecule has 0 N–H and O–H groups in total. The zero-order valence-corrected chi connectivity index (χ0v) is 11.6. The highest BCUT2D eigenvalue weighted by Crippen LogP contribution is 2.30. The highest BCUT2D eigenvalue weighted by molar-refractivity contribution is 6.01. The Labute approximate surface area is 113 Å². The number of ketones is 1. The summed E-state index contributed by atoms with van der Waals surface area (Å²) in [6.07, 6.45) is 1.24. The minimum Gasteiger partial charge on any atom is -0.483 e. The Kier molecular flexibility index (Phi) is 3.88.